The van der Waals surface area contributed by atoms with E-state index in [1.54, 1.807) is 60.7 Å². The Balaban J connectivity index is 1.33. The van der Waals surface area contributed by atoms with Crippen molar-refractivity contribution in [1.29, 1.82) is 0 Å². The zero-order valence-corrected chi connectivity index (χ0v) is 27.0. The topological polar surface area (TPSA) is 87.3 Å². The van der Waals surface area contributed by atoms with Crippen LogP contribution in [0, 0.1) is 6.92 Å². The highest BCUT2D eigenvalue weighted by Gasteiger charge is 2.22. The molecule has 46 heavy (non-hydrogen) atoms. The highest BCUT2D eigenvalue weighted by Crippen LogP contribution is 2.37. The van der Waals surface area contributed by atoms with E-state index in [4.69, 9.17) is 23.2 Å². The van der Waals surface area contributed by atoms with Crippen molar-refractivity contribution in [3.8, 4) is 0 Å². The molecule has 5 aromatic carbocycles. The molecule has 0 aromatic heterocycles. The number of rotatable bonds is 10. The third-order valence-corrected chi connectivity index (χ3v) is 8.65. The highest BCUT2D eigenvalue weighted by molar-refractivity contribution is 8.00. The predicted molar refractivity (Wildman–Crippen MR) is 188 cm³/mol. The fraction of sp³-hybridized carbons (Fsp3) is 0.0541. The number of nitrogens with one attached hydrogen (secondary N) is 3. The van der Waals surface area contributed by atoms with E-state index in [0.717, 1.165) is 21.7 Å². The summed E-state index contributed by atoms with van der Waals surface area (Å²) in [5.74, 6) is -1.15. The summed E-state index contributed by atoms with van der Waals surface area (Å²) in [7, 11) is 0. The van der Waals surface area contributed by atoms with Crippen molar-refractivity contribution in [2.45, 2.75) is 17.1 Å². The standard InChI is InChI=1S/C37H29Cl2N3O3S/c1-24-12-16-29(17-13-24)41-37(45)34(25-8-4-2-5-9-25)46-31-20-18-30(19-21-31)40-36(44)33(22-27-14-15-28(38)23-32(27)39)42-35(43)26-10-6-3-7-11-26/h2-23,34H,1H3,(H,40,44)(H,41,45)(H,42,43)/b33-22-. The van der Waals surface area contributed by atoms with Gasteiger partial charge < -0.3 is 16.0 Å². The quantitative estimate of drug-likeness (QED) is 0.103. The highest BCUT2D eigenvalue weighted by atomic mass is 35.5. The van der Waals surface area contributed by atoms with Gasteiger partial charge in [0, 0.05) is 31.9 Å². The van der Waals surface area contributed by atoms with Crippen LogP contribution in [0.25, 0.3) is 6.08 Å². The van der Waals surface area contributed by atoms with E-state index in [1.165, 1.54) is 17.8 Å². The fourth-order valence-corrected chi connectivity index (χ4v) is 5.90. The Morgan fingerprint density at radius 3 is 1.98 bits per heavy atom. The summed E-state index contributed by atoms with van der Waals surface area (Å²) in [4.78, 5) is 40.7. The van der Waals surface area contributed by atoms with Gasteiger partial charge in [0.2, 0.25) is 5.91 Å². The van der Waals surface area contributed by atoms with Gasteiger partial charge in [-0.15, -0.1) is 11.8 Å². The molecule has 0 fully saturated rings. The first kappa shape index (κ1) is 32.6. The Morgan fingerprint density at radius 2 is 1.33 bits per heavy atom. The molecule has 0 spiro atoms. The van der Waals surface area contributed by atoms with Gasteiger partial charge in [-0.25, -0.2) is 0 Å². The van der Waals surface area contributed by atoms with Crippen molar-refractivity contribution in [3.05, 3.63) is 165 Å². The van der Waals surface area contributed by atoms with Gasteiger partial charge in [-0.3, -0.25) is 14.4 Å². The second-order valence-electron chi connectivity index (χ2n) is 10.3. The van der Waals surface area contributed by atoms with Gasteiger partial charge in [0.1, 0.15) is 10.9 Å². The zero-order chi connectivity index (χ0) is 32.5. The molecule has 5 rings (SSSR count). The fourth-order valence-electron chi connectivity index (χ4n) is 4.41. The van der Waals surface area contributed by atoms with Crippen molar-refractivity contribution >= 4 is 70.1 Å². The zero-order valence-electron chi connectivity index (χ0n) is 24.7. The third kappa shape index (κ3) is 8.88. The lowest BCUT2D eigenvalue weighted by atomic mass is 10.1. The monoisotopic (exact) mass is 665 g/mol. The number of hydrogen-bond acceptors (Lipinski definition) is 4. The summed E-state index contributed by atoms with van der Waals surface area (Å²) in [5, 5.41) is 8.82. The SMILES string of the molecule is Cc1ccc(NC(=O)C(Sc2ccc(NC(=O)/C(=C/c3ccc(Cl)cc3Cl)NC(=O)c3ccccc3)cc2)c2ccccc2)cc1. The van der Waals surface area contributed by atoms with Crippen LogP contribution < -0.4 is 16.0 Å². The van der Waals surface area contributed by atoms with Crippen molar-refractivity contribution in [2.75, 3.05) is 10.6 Å². The molecule has 0 aliphatic heterocycles. The molecule has 3 amide bonds. The average molecular weight is 667 g/mol. The van der Waals surface area contributed by atoms with E-state index in [9.17, 15) is 14.4 Å². The Labute approximate surface area is 281 Å². The molecule has 0 aliphatic rings. The van der Waals surface area contributed by atoms with Crippen LogP contribution in [0.15, 0.2) is 138 Å². The van der Waals surface area contributed by atoms with Gasteiger partial charge in [-0.2, -0.15) is 0 Å². The molecule has 9 heteroatoms. The summed E-state index contributed by atoms with van der Waals surface area (Å²) in [6.45, 7) is 1.99. The van der Waals surface area contributed by atoms with Crippen LogP contribution in [-0.4, -0.2) is 17.7 Å². The van der Waals surface area contributed by atoms with Crippen molar-refractivity contribution in [2.24, 2.45) is 0 Å². The maximum Gasteiger partial charge on any atom is 0.272 e. The molecule has 1 atom stereocenters. The van der Waals surface area contributed by atoms with Crippen LogP contribution in [0.2, 0.25) is 10.0 Å². The van der Waals surface area contributed by atoms with Crippen LogP contribution in [0.1, 0.15) is 32.3 Å². The molecular formula is C37H29Cl2N3O3S. The second-order valence-corrected chi connectivity index (χ2v) is 12.3. The molecular weight excluding hydrogens is 637 g/mol. The van der Waals surface area contributed by atoms with Gasteiger partial charge in [-0.05, 0) is 84.8 Å². The lowest BCUT2D eigenvalue weighted by Crippen LogP contribution is -2.30. The number of carbonyl (C=O) groups excluding carboxylic acids is 3. The second kappa shape index (κ2) is 15.5. The van der Waals surface area contributed by atoms with Crippen LogP contribution in [-0.2, 0) is 9.59 Å². The number of carbonyl (C=O) groups is 3. The summed E-state index contributed by atoms with van der Waals surface area (Å²) in [5.41, 5.74) is 4.08. The summed E-state index contributed by atoms with van der Waals surface area (Å²) in [6.07, 6.45) is 1.50. The first-order valence-corrected chi connectivity index (χ1v) is 15.9. The molecule has 0 saturated carbocycles. The minimum Gasteiger partial charge on any atom is -0.325 e. The number of thioether (sulfide) groups is 1. The smallest absolute Gasteiger partial charge is 0.272 e. The van der Waals surface area contributed by atoms with E-state index in [0.29, 0.717) is 26.9 Å². The largest absolute Gasteiger partial charge is 0.325 e. The molecule has 6 nitrogen and oxygen atoms in total. The van der Waals surface area contributed by atoms with E-state index in [-0.39, 0.29) is 11.6 Å². The molecule has 0 radical (unpaired) electrons. The number of hydrogen-bond donors (Lipinski definition) is 3. The molecule has 0 heterocycles. The first-order chi connectivity index (χ1) is 22.2. The van der Waals surface area contributed by atoms with Crippen LogP contribution in [0.4, 0.5) is 11.4 Å². The normalized spacial score (nSPS) is 11.8. The minimum absolute atomic E-state index is 0.00607. The number of halogens is 2. The number of benzene rings is 5. The molecule has 3 N–H and O–H groups in total. The molecule has 5 aromatic rings. The summed E-state index contributed by atoms with van der Waals surface area (Å²) >= 11 is 13.8. The van der Waals surface area contributed by atoms with Gasteiger partial charge in [-0.1, -0.05) is 95.5 Å². The summed E-state index contributed by atoms with van der Waals surface area (Å²) < 4.78 is 0. The van der Waals surface area contributed by atoms with Crippen molar-refractivity contribution in [3.63, 3.8) is 0 Å². The van der Waals surface area contributed by atoms with Crippen molar-refractivity contribution in [1.82, 2.24) is 5.32 Å². The molecule has 0 saturated heterocycles. The van der Waals surface area contributed by atoms with Gasteiger partial charge in [0.15, 0.2) is 0 Å². The molecule has 1 unspecified atom stereocenters. The van der Waals surface area contributed by atoms with E-state index in [1.807, 2.05) is 73.7 Å². The minimum atomic E-state index is -0.546. The number of anilines is 2. The van der Waals surface area contributed by atoms with Gasteiger partial charge in [0.25, 0.3) is 11.8 Å². The third-order valence-electron chi connectivity index (χ3n) is 6.82. The van der Waals surface area contributed by atoms with E-state index in [2.05, 4.69) is 16.0 Å². The van der Waals surface area contributed by atoms with E-state index >= 15 is 0 Å². The maximum absolute atomic E-state index is 13.5. The number of amides is 3. The maximum atomic E-state index is 13.5. The Hall–Kier alpha value is -4.82. The Kier molecular flexibility index (Phi) is 10.9. The van der Waals surface area contributed by atoms with Crippen molar-refractivity contribution < 1.29 is 14.4 Å². The lowest BCUT2D eigenvalue weighted by molar-refractivity contribution is -0.116. The van der Waals surface area contributed by atoms with Crippen LogP contribution in [0.3, 0.4) is 0 Å². The van der Waals surface area contributed by atoms with Crippen LogP contribution in [0.5, 0.6) is 0 Å². The predicted octanol–water partition coefficient (Wildman–Crippen LogP) is 9.18. The summed E-state index contributed by atoms with van der Waals surface area (Å²) in [6, 6.07) is 37.8. The Bertz CT molecular complexity index is 1860. The lowest BCUT2D eigenvalue weighted by Gasteiger charge is -2.18. The van der Waals surface area contributed by atoms with Crippen LogP contribution >= 0.6 is 35.0 Å². The van der Waals surface area contributed by atoms with E-state index < -0.39 is 17.1 Å². The first-order valence-electron chi connectivity index (χ1n) is 14.3. The van der Waals surface area contributed by atoms with Gasteiger partial charge in [0.05, 0.1) is 0 Å². The Morgan fingerprint density at radius 1 is 0.717 bits per heavy atom. The average Bonchev–Trinajstić information content (AvgIpc) is 3.07. The van der Waals surface area contributed by atoms with Gasteiger partial charge >= 0.3 is 0 Å². The molecule has 0 aliphatic carbocycles. The molecule has 0 bridgehead atoms. The number of aryl methyl sites for hydroxylation is 1. The molecule has 230 valence electrons.